The lowest BCUT2D eigenvalue weighted by Gasteiger charge is -2.18. The van der Waals surface area contributed by atoms with Crippen LogP contribution in [0.1, 0.15) is 48.2 Å². The van der Waals surface area contributed by atoms with E-state index in [2.05, 4.69) is 24.3 Å². The van der Waals surface area contributed by atoms with Gasteiger partial charge < -0.3 is 9.88 Å². The maximum absolute atomic E-state index is 12.9. The highest BCUT2D eigenvalue weighted by Crippen LogP contribution is 2.24. The molecule has 0 saturated carbocycles. The Balaban J connectivity index is 1.79. The van der Waals surface area contributed by atoms with Crippen molar-refractivity contribution in [3.63, 3.8) is 0 Å². The van der Waals surface area contributed by atoms with Crippen LogP contribution in [0, 0.1) is 13.8 Å². The summed E-state index contributed by atoms with van der Waals surface area (Å²) >= 11 is 0. The Hall–Kier alpha value is -2.65. The summed E-state index contributed by atoms with van der Waals surface area (Å²) in [6.45, 7) is 11.9. The van der Waals surface area contributed by atoms with E-state index < -0.39 is 10.0 Å². The second-order valence-corrected chi connectivity index (χ2v) is 9.81. The third-order valence-electron chi connectivity index (χ3n) is 6.08. The lowest BCUT2D eigenvalue weighted by Crippen LogP contribution is -2.30. The van der Waals surface area contributed by atoms with E-state index in [-0.39, 0.29) is 10.8 Å². The Morgan fingerprint density at radius 1 is 1.12 bits per heavy atom. The van der Waals surface area contributed by atoms with E-state index in [4.69, 9.17) is 0 Å². The van der Waals surface area contributed by atoms with Crippen LogP contribution in [0.5, 0.6) is 0 Å². The summed E-state index contributed by atoms with van der Waals surface area (Å²) in [4.78, 5) is 13.1. The molecule has 1 aromatic carbocycles. The fourth-order valence-corrected chi connectivity index (χ4v) is 5.71. The number of amides is 1. The highest BCUT2D eigenvalue weighted by Gasteiger charge is 2.23. The minimum absolute atomic E-state index is 0.185. The zero-order valence-electron chi connectivity index (χ0n) is 19.8. The van der Waals surface area contributed by atoms with Gasteiger partial charge in [-0.05, 0) is 57.0 Å². The van der Waals surface area contributed by atoms with E-state index in [0.717, 1.165) is 34.4 Å². The van der Waals surface area contributed by atoms with Crippen molar-refractivity contribution in [3.8, 4) is 0 Å². The topological polar surface area (TPSA) is 89.2 Å². The number of nitrogens with zero attached hydrogens (tertiary/aromatic N) is 4. The maximum Gasteiger partial charge on any atom is 0.267 e. The average Bonchev–Trinajstić information content (AvgIpc) is 3.24. The summed E-state index contributed by atoms with van der Waals surface area (Å²) in [6, 6.07) is 6.76. The number of hydrogen-bond donors (Lipinski definition) is 1. The van der Waals surface area contributed by atoms with Gasteiger partial charge in [0.1, 0.15) is 5.69 Å². The van der Waals surface area contributed by atoms with Gasteiger partial charge in [0.25, 0.3) is 5.91 Å². The van der Waals surface area contributed by atoms with Crippen molar-refractivity contribution in [2.75, 3.05) is 19.6 Å². The first-order valence-corrected chi connectivity index (χ1v) is 12.5. The number of aromatic nitrogens is 3. The number of nitrogens with one attached hydrogen (secondary N) is 1. The Kier molecular flexibility index (Phi) is 7.09. The highest BCUT2D eigenvalue weighted by atomic mass is 32.2. The summed E-state index contributed by atoms with van der Waals surface area (Å²) < 4.78 is 30.9. The van der Waals surface area contributed by atoms with Gasteiger partial charge in [0.2, 0.25) is 10.0 Å². The molecule has 0 aliphatic carbocycles. The van der Waals surface area contributed by atoms with Gasteiger partial charge >= 0.3 is 0 Å². The smallest absolute Gasteiger partial charge is 0.267 e. The number of carbonyl (C=O) groups excluding carboxylic acids is 1. The summed E-state index contributed by atoms with van der Waals surface area (Å²) in [6.07, 6.45) is 0.708. The molecule has 9 heteroatoms. The van der Waals surface area contributed by atoms with Crippen LogP contribution < -0.4 is 5.32 Å². The first-order valence-electron chi connectivity index (χ1n) is 11.1. The summed E-state index contributed by atoms with van der Waals surface area (Å²) in [7, 11) is -1.74. The van der Waals surface area contributed by atoms with Crippen LogP contribution in [0.3, 0.4) is 0 Å². The highest BCUT2D eigenvalue weighted by molar-refractivity contribution is 7.89. The van der Waals surface area contributed by atoms with Gasteiger partial charge in [-0.1, -0.05) is 13.8 Å². The molecule has 2 aromatic heterocycles. The Bertz CT molecular complexity index is 1240. The van der Waals surface area contributed by atoms with Gasteiger partial charge in [0, 0.05) is 49.8 Å². The van der Waals surface area contributed by atoms with E-state index in [0.29, 0.717) is 31.7 Å². The normalized spacial score (nSPS) is 12.1. The molecule has 0 fully saturated rings. The predicted octanol–water partition coefficient (Wildman–Crippen LogP) is 3.01. The first-order chi connectivity index (χ1) is 15.1. The van der Waals surface area contributed by atoms with Crippen molar-refractivity contribution < 1.29 is 13.2 Å². The molecule has 0 saturated heterocycles. The molecule has 3 aromatic rings. The van der Waals surface area contributed by atoms with E-state index in [1.165, 1.54) is 4.31 Å². The zero-order valence-corrected chi connectivity index (χ0v) is 20.6. The van der Waals surface area contributed by atoms with Gasteiger partial charge in [0.15, 0.2) is 0 Å². The number of carbonyl (C=O) groups is 1. The number of sulfonamides is 1. The lowest BCUT2D eigenvalue weighted by atomic mass is 10.1. The molecule has 8 nitrogen and oxygen atoms in total. The monoisotopic (exact) mass is 459 g/mol. The van der Waals surface area contributed by atoms with Crippen molar-refractivity contribution >= 4 is 26.8 Å². The van der Waals surface area contributed by atoms with Gasteiger partial charge in [-0.2, -0.15) is 9.40 Å². The third-order valence-corrected chi connectivity index (χ3v) is 8.13. The van der Waals surface area contributed by atoms with Crippen molar-refractivity contribution in [2.24, 2.45) is 7.05 Å². The first kappa shape index (κ1) is 24.0. The molecular weight excluding hydrogens is 426 g/mol. The fourth-order valence-electron chi connectivity index (χ4n) is 4.21. The van der Waals surface area contributed by atoms with E-state index in [9.17, 15) is 13.2 Å². The molecule has 2 heterocycles. The van der Waals surface area contributed by atoms with Crippen molar-refractivity contribution in [1.82, 2.24) is 24.0 Å². The molecule has 32 heavy (non-hydrogen) atoms. The van der Waals surface area contributed by atoms with Crippen LogP contribution in [0.4, 0.5) is 0 Å². The second-order valence-electron chi connectivity index (χ2n) is 7.87. The second kappa shape index (κ2) is 9.46. The molecule has 3 rings (SSSR count). The lowest BCUT2D eigenvalue weighted by molar-refractivity contribution is 0.0946. The molecule has 0 bridgehead atoms. The Morgan fingerprint density at radius 2 is 1.81 bits per heavy atom. The molecule has 1 N–H and O–H groups in total. The van der Waals surface area contributed by atoms with Crippen LogP contribution in [0.2, 0.25) is 0 Å². The molecule has 1 amide bonds. The summed E-state index contributed by atoms with van der Waals surface area (Å²) in [5.41, 5.74) is 4.59. The fraction of sp³-hybridized carbons (Fsp3) is 0.478. The van der Waals surface area contributed by atoms with Gasteiger partial charge in [-0.25, -0.2) is 8.42 Å². The standard InChI is InChI=1S/C23H33N5O3S/c1-7-27(8-2)32(30,31)19-10-11-21-18(14-19)15-22(26(21)6)23(29)24-13-12-20-16(4)25-28(9-3)17(20)5/h10-11,14-15H,7-9,12-13H2,1-6H3,(H,24,29). The van der Waals surface area contributed by atoms with Crippen LogP contribution >= 0.6 is 0 Å². The van der Waals surface area contributed by atoms with Gasteiger partial charge in [0.05, 0.1) is 10.6 Å². The van der Waals surface area contributed by atoms with Crippen LogP contribution in [0.15, 0.2) is 29.2 Å². The minimum atomic E-state index is -3.55. The molecular formula is C23H33N5O3S. The van der Waals surface area contributed by atoms with E-state index in [1.54, 1.807) is 28.8 Å². The van der Waals surface area contributed by atoms with Crippen LogP contribution in [-0.4, -0.2) is 52.6 Å². The molecule has 174 valence electrons. The number of benzene rings is 1. The zero-order chi connectivity index (χ0) is 23.6. The molecule has 0 atom stereocenters. The van der Waals surface area contributed by atoms with Crippen LogP contribution in [0.25, 0.3) is 10.9 Å². The number of aryl methyl sites for hydroxylation is 3. The largest absolute Gasteiger partial charge is 0.350 e. The molecule has 0 spiro atoms. The Morgan fingerprint density at radius 3 is 2.41 bits per heavy atom. The van der Waals surface area contributed by atoms with Crippen molar-refractivity contribution in [3.05, 3.63) is 46.9 Å². The third kappa shape index (κ3) is 4.31. The minimum Gasteiger partial charge on any atom is -0.350 e. The van der Waals surface area contributed by atoms with E-state index >= 15 is 0 Å². The number of hydrogen-bond acceptors (Lipinski definition) is 4. The van der Waals surface area contributed by atoms with Crippen molar-refractivity contribution in [1.29, 1.82) is 0 Å². The van der Waals surface area contributed by atoms with Crippen LogP contribution in [-0.2, 0) is 30.0 Å². The number of rotatable bonds is 9. The molecule has 0 radical (unpaired) electrons. The molecule has 0 aliphatic rings. The molecule has 0 unspecified atom stereocenters. The maximum atomic E-state index is 12.9. The van der Waals surface area contributed by atoms with Gasteiger partial charge in [-0.3, -0.25) is 9.48 Å². The predicted molar refractivity (Wildman–Crippen MR) is 126 cm³/mol. The summed E-state index contributed by atoms with van der Waals surface area (Å²) in [5, 5.41) is 8.24. The van der Waals surface area contributed by atoms with E-state index in [1.807, 2.05) is 32.5 Å². The Labute approximate surface area is 190 Å². The van der Waals surface area contributed by atoms with Gasteiger partial charge in [-0.15, -0.1) is 0 Å². The summed E-state index contributed by atoms with van der Waals surface area (Å²) in [5.74, 6) is -0.185. The quantitative estimate of drug-likeness (QED) is 0.533. The number of fused-ring (bicyclic) bond motifs is 1. The molecule has 0 aliphatic heterocycles. The average molecular weight is 460 g/mol. The van der Waals surface area contributed by atoms with Crippen molar-refractivity contribution in [2.45, 2.75) is 52.5 Å². The SMILES string of the molecule is CCN(CC)S(=O)(=O)c1ccc2c(c1)cc(C(=O)NCCc1c(C)nn(CC)c1C)n2C.